The first kappa shape index (κ1) is 31.4. The molecule has 0 bridgehead atoms. The number of fused-ring (bicyclic) bond motifs is 1. The van der Waals surface area contributed by atoms with E-state index in [1.54, 1.807) is 68.9 Å². The van der Waals surface area contributed by atoms with Gasteiger partial charge in [0.05, 0.1) is 0 Å². The van der Waals surface area contributed by atoms with Crippen molar-refractivity contribution in [2.75, 3.05) is 13.6 Å². The fourth-order valence-electron chi connectivity index (χ4n) is 11.3. The highest BCUT2D eigenvalue weighted by Gasteiger charge is 2.85. The first-order valence-electron chi connectivity index (χ1n) is 16.9. The predicted octanol–water partition coefficient (Wildman–Crippen LogP) is 10.7. The number of benzene rings is 1. The third kappa shape index (κ3) is 4.86. The van der Waals surface area contributed by atoms with Gasteiger partial charge in [-0.05, 0) is 148 Å². The topological polar surface area (TPSA) is 12.0 Å². The van der Waals surface area contributed by atoms with Gasteiger partial charge in [-0.3, -0.25) is 0 Å². The summed E-state index contributed by atoms with van der Waals surface area (Å²) in [7, 11) is 2.07. The second-order valence-electron chi connectivity index (χ2n) is 12.6. The average Bonchev–Trinajstić information content (AvgIpc) is 3.23. The van der Waals surface area contributed by atoms with Gasteiger partial charge in [-0.2, -0.15) is 0 Å². The molecule has 38 heavy (non-hydrogen) atoms. The zero-order valence-electron chi connectivity index (χ0n) is 26.3. The van der Waals surface area contributed by atoms with Crippen LogP contribution in [0.25, 0.3) is 0 Å². The quantitative estimate of drug-likeness (QED) is 0.334. The van der Waals surface area contributed by atoms with E-state index in [0.29, 0.717) is 5.41 Å². The molecule has 7 atom stereocenters. The van der Waals surface area contributed by atoms with Crippen LogP contribution in [0.15, 0.2) is 37.4 Å². The third-order valence-electron chi connectivity index (χ3n) is 12.3. The van der Waals surface area contributed by atoms with E-state index in [1.165, 1.54) is 38.5 Å². The van der Waals surface area contributed by atoms with Crippen LogP contribution < -0.4 is 5.32 Å². The molecule has 1 aromatic carbocycles. The maximum absolute atomic E-state index is 3.33. The molecule has 0 heterocycles. The van der Waals surface area contributed by atoms with Crippen molar-refractivity contribution in [2.45, 2.75) is 131 Å². The van der Waals surface area contributed by atoms with E-state index < -0.39 is 0 Å². The van der Waals surface area contributed by atoms with Crippen molar-refractivity contribution >= 4 is 0 Å². The minimum Gasteiger partial charge on any atom is -0.319 e. The van der Waals surface area contributed by atoms with Gasteiger partial charge in [0, 0.05) is 1.43 Å². The van der Waals surface area contributed by atoms with Crippen LogP contribution in [0.3, 0.4) is 0 Å². The summed E-state index contributed by atoms with van der Waals surface area (Å²) in [6, 6.07) is 9.24. The van der Waals surface area contributed by atoms with Gasteiger partial charge < -0.3 is 5.32 Å². The van der Waals surface area contributed by atoms with Gasteiger partial charge >= 0.3 is 0 Å². The number of hydrogen-bond donors (Lipinski definition) is 1. The highest BCUT2D eigenvalue weighted by molar-refractivity contribution is 5.33. The van der Waals surface area contributed by atoms with E-state index >= 15 is 0 Å². The Balaban J connectivity index is 0.000000716. The zero-order chi connectivity index (χ0) is 27.8. The summed E-state index contributed by atoms with van der Waals surface area (Å²) in [6.07, 6.45) is 22.7. The van der Waals surface area contributed by atoms with E-state index in [9.17, 15) is 0 Å². The van der Waals surface area contributed by atoms with Crippen LogP contribution in [-0.2, 0) is 12.8 Å². The Hall–Kier alpha value is -1.08. The lowest BCUT2D eigenvalue weighted by Crippen LogP contribution is -2.40. The second-order valence-corrected chi connectivity index (χ2v) is 12.6. The van der Waals surface area contributed by atoms with Crippen LogP contribution in [0, 0.1) is 39.9 Å². The summed E-state index contributed by atoms with van der Waals surface area (Å²) in [6.45, 7) is 17.7. The molecular weight excluding hydrogens is 458 g/mol. The van der Waals surface area contributed by atoms with E-state index in [0.717, 1.165) is 41.0 Å². The van der Waals surface area contributed by atoms with E-state index in [2.05, 4.69) is 56.7 Å². The molecule has 218 valence electrons. The minimum absolute atomic E-state index is 0. The van der Waals surface area contributed by atoms with Crippen LogP contribution >= 0.6 is 0 Å². The minimum atomic E-state index is 0. The molecule has 0 amide bonds. The molecule has 6 rings (SSSR count). The predicted molar refractivity (Wildman–Crippen MR) is 171 cm³/mol. The average molecular weight is 524 g/mol. The van der Waals surface area contributed by atoms with Crippen LogP contribution in [0.1, 0.15) is 131 Å². The van der Waals surface area contributed by atoms with Crippen molar-refractivity contribution in [3.8, 4) is 0 Å². The molecule has 5 fully saturated rings. The standard InChI is InChI=1S/C31H47N.2C2H6.C2H4.H2/c1-3-29-20-17-28-30-19-7-6-12-26(30)16-21-31(28,30)27(29)15-14-25(29)13-8-11-23-9-4-5-10-24(23)18-22-32-2;3*1-2;/h4-5,9-10,25-28,32H,3,6-8,11-22H2,1-2H3;2*1-2H3;1-2H2;1H. The van der Waals surface area contributed by atoms with Crippen LogP contribution in [0.2, 0.25) is 0 Å². The maximum atomic E-state index is 3.33. The zero-order valence-corrected chi connectivity index (χ0v) is 26.3. The van der Waals surface area contributed by atoms with E-state index in [1.807, 2.05) is 27.7 Å². The van der Waals surface area contributed by atoms with Crippen molar-refractivity contribution in [1.29, 1.82) is 0 Å². The highest BCUT2D eigenvalue weighted by atomic mass is 14.9. The summed E-state index contributed by atoms with van der Waals surface area (Å²) < 4.78 is 0. The van der Waals surface area contributed by atoms with Gasteiger partial charge in [0.1, 0.15) is 0 Å². The molecule has 0 aromatic heterocycles. The van der Waals surface area contributed by atoms with Crippen LogP contribution in [-0.4, -0.2) is 13.6 Å². The fourth-order valence-corrected chi connectivity index (χ4v) is 11.3. The summed E-state index contributed by atoms with van der Waals surface area (Å²) in [5, 5.41) is 3.33. The molecule has 1 nitrogen and oxygen atoms in total. The molecule has 7 unspecified atom stereocenters. The first-order chi connectivity index (χ1) is 18.7. The largest absolute Gasteiger partial charge is 0.319 e. The van der Waals surface area contributed by atoms with Gasteiger partial charge in [-0.25, -0.2) is 0 Å². The lowest BCUT2D eigenvalue weighted by Gasteiger charge is -2.48. The van der Waals surface area contributed by atoms with Crippen molar-refractivity contribution < 1.29 is 1.43 Å². The monoisotopic (exact) mass is 524 g/mol. The van der Waals surface area contributed by atoms with E-state index in [-0.39, 0.29) is 1.43 Å². The lowest BCUT2D eigenvalue weighted by atomic mass is 9.57. The SMILES string of the molecule is C=C.CC.CC.CCC12CCC3C45CCCCC4CCC35C1CCC2CCCc1ccccc1CCNC.[HH]. The highest BCUT2D eigenvalue weighted by Crippen LogP contribution is 2.92. The van der Waals surface area contributed by atoms with Crippen LogP contribution in [0.4, 0.5) is 0 Å². The number of nitrogens with one attached hydrogen (secondary N) is 1. The molecule has 0 saturated heterocycles. The van der Waals surface area contributed by atoms with Crippen molar-refractivity contribution in [1.82, 2.24) is 5.32 Å². The summed E-state index contributed by atoms with van der Waals surface area (Å²) in [5.74, 6) is 4.38. The van der Waals surface area contributed by atoms with Crippen molar-refractivity contribution in [3.05, 3.63) is 48.6 Å². The Morgan fingerprint density at radius 2 is 1.53 bits per heavy atom. The Bertz CT molecular complexity index is 852. The third-order valence-corrected chi connectivity index (χ3v) is 12.3. The molecule has 1 N–H and O–H groups in total. The maximum Gasteiger partial charge on any atom is 0 e. The summed E-state index contributed by atoms with van der Waals surface area (Å²) in [5.41, 5.74) is 5.56. The molecule has 1 heteroatoms. The van der Waals surface area contributed by atoms with Gasteiger partial charge in [0.2, 0.25) is 0 Å². The number of likely N-dealkylation sites (N-methyl/N-ethyl adjacent to an activating group) is 1. The Morgan fingerprint density at radius 1 is 0.816 bits per heavy atom. The summed E-state index contributed by atoms with van der Waals surface area (Å²) in [4.78, 5) is 0. The van der Waals surface area contributed by atoms with Gasteiger partial charge in [0.15, 0.2) is 0 Å². The Labute approximate surface area is 239 Å². The molecule has 5 aliphatic rings. The number of hydrogen-bond acceptors (Lipinski definition) is 1. The van der Waals surface area contributed by atoms with Gasteiger partial charge in [0.25, 0.3) is 0 Å². The molecule has 5 saturated carbocycles. The second kappa shape index (κ2) is 14.0. The normalized spacial score (nSPS) is 37.4. The fraction of sp³-hybridized carbons (Fsp3) is 0.784. The van der Waals surface area contributed by atoms with E-state index in [4.69, 9.17) is 0 Å². The number of aryl methyl sites for hydroxylation is 1. The van der Waals surface area contributed by atoms with Gasteiger partial charge in [-0.15, -0.1) is 13.2 Å². The smallest absolute Gasteiger partial charge is 0 e. The molecule has 0 radical (unpaired) electrons. The Morgan fingerprint density at radius 3 is 2.21 bits per heavy atom. The molecule has 1 aromatic rings. The molecule has 0 aliphatic heterocycles. The molecular formula is C37H65N. The van der Waals surface area contributed by atoms with Crippen LogP contribution in [0.5, 0.6) is 0 Å². The molecule has 5 aliphatic carbocycles. The molecule has 2 spiro atoms. The van der Waals surface area contributed by atoms with Crippen molar-refractivity contribution in [2.24, 2.45) is 39.9 Å². The Kier molecular flexibility index (Phi) is 11.6. The number of rotatable bonds is 8. The first-order valence-corrected chi connectivity index (χ1v) is 16.9. The lowest BCUT2D eigenvalue weighted by molar-refractivity contribution is 0.0100. The van der Waals surface area contributed by atoms with Crippen molar-refractivity contribution in [3.63, 3.8) is 0 Å². The van der Waals surface area contributed by atoms with Gasteiger partial charge in [-0.1, -0.05) is 71.7 Å². The summed E-state index contributed by atoms with van der Waals surface area (Å²) >= 11 is 0.